The summed E-state index contributed by atoms with van der Waals surface area (Å²) >= 11 is 0. The highest BCUT2D eigenvalue weighted by Crippen LogP contribution is 2.26. The topological polar surface area (TPSA) is 70.2 Å². The van der Waals surface area contributed by atoms with Crippen LogP contribution in [0.2, 0.25) is 0 Å². The molecule has 0 radical (unpaired) electrons. The third-order valence-corrected chi connectivity index (χ3v) is 4.49. The van der Waals surface area contributed by atoms with Gasteiger partial charge >= 0.3 is 0 Å². The van der Waals surface area contributed by atoms with Crippen LogP contribution in [0.3, 0.4) is 0 Å². The maximum absolute atomic E-state index is 11.1. The van der Waals surface area contributed by atoms with Crippen LogP contribution in [-0.2, 0) is 4.79 Å². The fourth-order valence-electron chi connectivity index (χ4n) is 3.27. The van der Waals surface area contributed by atoms with E-state index in [-0.39, 0.29) is 5.91 Å². The van der Waals surface area contributed by atoms with Gasteiger partial charge in [0.15, 0.2) is 0 Å². The first-order valence-corrected chi connectivity index (χ1v) is 8.90. The van der Waals surface area contributed by atoms with Crippen molar-refractivity contribution in [1.29, 1.82) is 0 Å². The Bertz CT molecular complexity index is 716. The zero-order valence-corrected chi connectivity index (χ0v) is 14.8. The second-order valence-electron chi connectivity index (χ2n) is 6.37. The Kier molecular flexibility index (Phi) is 5.48. The van der Waals surface area contributed by atoms with Crippen LogP contribution in [-0.4, -0.2) is 28.5 Å². The summed E-state index contributed by atoms with van der Waals surface area (Å²) in [6.07, 6.45) is 6.68. The Morgan fingerprint density at radius 2 is 1.96 bits per heavy atom. The first kappa shape index (κ1) is 17.2. The monoisotopic (exact) mass is 339 g/mol. The van der Waals surface area contributed by atoms with Gasteiger partial charge in [-0.05, 0) is 56.0 Å². The quantitative estimate of drug-likeness (QED) is 0.863. The molecule has 0 spiro atoms. The number of piperidine rings is 1. The molecule has 1 aliphatic rings. The molecule has 1 aromatic carbocycles. The van der Waals surface area contributed by atoms with E-state index in [0.717, 1.165) is 30.2 Å². The first-order valence-electron chi connectivity index (χ1n) is 8.90. The molecule has 132 valence electrons. The molecule has 1 aliphatic heterocycles. The van der Waals surface area contributed by atoms with Gasteiger partial charge in [-0.2, -0.15) is 4.98 Å². The van der Waals surface area contributed by atoms with Crippen molar-refractivity contribution in [2.45, 2.75) is 45.6 Å². The third-order valence-electron chi connectivity index (χ3n) is 4.49. The van der Waals surface area contributed by atoms with Crippen molar-refractivity contribution in [2.75, 3.05) is 22.1 Å². The van der Waals surface area contributed by atoms with E-state index in [0.29, 0.717) is 12.0 Å². The largest absolute Gasteiger partial charge is 0.353 e. The molecule has 1 aromatic heterocycles. The van der Waals surface area contributed by atoms with Gasteiger partial charge < -0.3 is 15.5 Å². The minimum absolute atomic E-state index is 0.0799. The van der Waals surface area contributed by atoms with Crippen LogP contribution in [0.25, 0.3) is 0 Å². The third kappa shape index (κ3) is 4.47. The second-order valence-corrected chi connectivity index (χ2v) is 6.37. The van der Waals surface area contributed by atoms with Gasteiger partial charge in [-0.1, -0.05) is 6.92 Å². The highest BCUT2D eigenvalue weighted by atomic mass is 16.1. The number of carbonyl (C=O) groups excluding carboxylic acids is 1. The molecule has 1 saturated heterocycles. The van der Waals surface area contributed by atoms with Gasteiger partial charge in [-0.15, -0.1) is 0 Å². The molecular weight excluding hydrogens is 314 g/mol. The molecule has 1 fully saturated rings. The fourth-order valence-corrected chi connectivity index (χ4v) is 3.27. The maximum Gasteiger partial charge on any atom is 0.229 e. The molecular formula is C19H25N5O. The van der Waals surface area contributed by atoms with Crippen molar-refractivity contribution in [3.63, 3.8) is 0 Å². The summed E-state index contributed by atoms with van der Waals surface area (Å²) in [5, 5.41) is 5.99. The Morgan fingerprint density at radius 1 is 1.20 bits per heavy atom. The van der Waals surface area contributed by atoms with Crippen molar-refractivity contribution >= 4 is 29.0 Å². The lowest BCUT2D eigenvalue weighted by Crippen LogP contribution is -2.39. The van der Waals surface area contributed by atoms with Crippen molar-refractivity contribution in [1.82, 2.24) is 9.97 Å². The molecule has 6 heteroatoms. The van der Waals surface area contributed by atoms with Crippen LogP contribution >= 0.6 is 0 Å². The van der Waals surface area contributed by atoms with Crippen molar-refractivity contribution in [2.24, 2.45) is 0 Å². The van der Waals surface area contributed by atoms with E-state index in [4.69, 9.17) is 4.98 Å². The highest BCUT2D eigenvalue weighted by Gasteiger charge is 2.22. The minimum Gasteiger partial charge on any atom is -0.353 e. The Labute approximate surface area is 148 Å². The summed E-state index contributed by atoms with van der Waals surface area (Å²) in [6.45, 7) is 4.79. The lowest BCUT2D eigenvalue weighted by molar-refractivity contribution is -0.114. The molecule has 0 aliphatic carbocycles. The standard InChI is InChI=1S/C19H25N5O/c1-3-17-6-4-5-13-24(17)18-11-12-20-19(23-18)22-16-9-7-15(8-10-16)21-14(2)25/h7-12,17H,3-6,13H2,1-2H3,(H,21,25)(H,20,22,23). The van der Waals surface area contributed by atoms with Gasteiger partial charge in [-0.3, -0.25) is 4.79 Å². The molecule has 1 unspecified atom stereocenters. The van der Waals surface area contributed by atoms with Gasteiger partial charge in [-0.25, -0.2) is 4.98 Å². The Balaban J connectivity index is 1.72. The highest BCUT2D eigenvalue weighted by molar-refractivity contribution is 5.88. The number of hydrogen-bond donors (Lipinski definition) is 2. The number of rotatable bonds is 5. The lowest BCUT2D eigenvalue weighted by atomic mass is 10.0. The summed E-state index contributed by atoms with van der Waals surface area (Å²) in [6, 6.07) is 10.1. The van der Waals surface area contributed by atoms with Crippen LogP contribution < -0.4 is 15.5 Å². The lowest BCUT2D eigenvalue weighted by Gasteiger charge is -2.36. The van der Waals surface area contributed by atoms with Gasteiger partial charge in [0, 0.05) is 37.1 Å². The fraction of sp³-hybridized carbons (Fsp3) is 0.421. The number of hydrogen-bond acceptors (Lipinski definition) is 5. The van der Waals surface area contributed by atoms with Crippen LogP contribution in [0.5, 0.6) is 0 Å². The number of aromatic nitrogens is 2. The SMILES string of the molecule is CCC1CCCCN1c1ccnc(Nc2ccc(NC(C)=O)cc2)n1. The molecule has 0 saturated carbocycles. The zero-order valence-electron chi connectivity index (χ0n) is 14.8. The summed E-state index contributed by atoms with van der Waals surface area (Å²) in [5.41, 5.74) is 1.66. The predicted octanol–water partition coefficient (Wildman–Crippen LogP) is 3.95. The average Bonchev–Trinajstić information content (AvgIpc) is 2.63. The van der Waals surface area contributed by atoms with Gasteiger partial charge in [0.2, 0.25) is 11.9 Å². The van der Waals surface area contributed by atoms with Crippen LogP contribution in [0.15, 0.2) is 36.5 Å². The maximum atomic E-state index is 11.1. The van der Waals surface area contributed by atoms with Crippen molar-refractivity contribution in [3.8, 4) is 0 Å². The van der Waals surface area contributed by atoms with Gasteiger partial charge in [0.1, 0.15) is 5.82 Å². The molecule has 2 N–H and O–H groups in total. The van der Waals surface area contributed by atoms with E-state index < -0.39 is 0 Å². The number of amides is 1. The molecule has 25 heavy (non-hydrogen) atoms. The summed E-state index contributed by atoms with van der Waals surface area (Å²) in [5.74, 6) is 1.49. The van der Waals surface area contributed by atoms with E-state index in [1.54, 1.807) is 6.20 Å². The van der Waals surface area contributed by atoms with E-state index in [2.05, 4.69) is 27.4 Å². The van der Waals surface area contributed by atoms with Gasteiger partial charge in [0.25, 0.3) is 0 Å². The number of nitrogens with zero attached hydrogens (tertiary/aromatic N) is 3. The van der Waals surface area contributed by atoms with E-state index in [9.17, 15) is 4.79 Å². The van der Waals surface area contributed by atoms with Crippen LogP contribution in [0.4, 0.5) is 23.1 Å². The summed E-state index contributed by atoms with van der Waals surface area (Å²) in [7, 11) is 0. The molecule has 2 aromatic rings. The normalized spacial score (nSPS) is 17.2. The average molecular weight is 339 g/mol. The molecule has 3 rings (SSSR count). The molecule has 6 nitrogen and oxygen atoms in total. The van der Waals surface area contributed by atoms with E-state index >= 15 is 0 Å². The number of benzene rings is 1. The smallest absolute Gasteiger partial charge is 0.229 e. The molecule has 1 atom stereocenters. The summed E-state index contributed by atoms with van der Waals surface area (Å²) in [4.78, 5) is 22.5. The van der Waals surface area contributed by atoms with Crippen LogP contribution in [0.1, 0.15) is 39.5 Å². The number of anilines is 4. The van der Waals surface area contributed by atoms with E-state index in [1.165, 1.54) is 26.2 Å². The van der Waals surface area contributed by atoms with Crippen molar-refractivity contribution in [3.05, 3.63) is 36.5 Å². The predicted molar refractivity (Wildman–Crippen MR) is 101 cm³/mol. The number of nitrogens with one attached hydrogen (secondary N) is 2. The number of carbonyl (C=O) groups is 1. The molecule has 0 bridgehead atoms. The Morgan fingerprint density at radius 3 is 2.68 bits per heavy atom. The van der Waals surface area contributed by atoms with Crippen LogP contribution in [0, 0.1) is 0 Å². The summed E-state index contributed by atoms with van der Waals surface area (Å²) < 4.78 is 0. The molecule has 2 heterocycles. The van der Waals surface area contributed by atoms with Crippen molar-refractivity contribution < 1.29 is 4.79 Å². The van der Waals surface area contributed by atoms with E-state index in [1.807, 2.05) is 30.3 Å². The minimum atomic E-state index is -0.0799. The first-order chi connectivity index (χ1) is 12.2. The zero-order chi connectivity index (χ0) is 17.6. The van der Waals surface area contributed by atoms with Gasteiger partial charge in [0.05, 0.1) is 0 Å². The second kappa shape index (κ2) is 7.96. The molecule has 1 amide bonds. The Hall–Kier alpha value is -2.63.